The van der Waals surface area contributed by atoms with E-state index < -0.39 is 0 Å². The van der Waals surface area contributed by atoms with Crippen molar-refractivity contribution in [2.24, 2.45) is 0 Å². The second-order valence-corrected chi connectivity index (χ2v) is 8.90. The highest BCUT2D eigenvalue weighted by Gasteiger charge is 2.39. The highest BCUT2D eigenvalue weighted by atomic mass is 16.5. The summed E-state index contributed by atoms with van der Waals surface area (Å²) >= 11 is 0. The molecule has 0 radical (unpaired) electrons. The van der Waals surface area contributed by atoms with E-state index in [0.29, 0.717) is 6.61 Å². The van der Waals surface area contributed by atoms with Crippen LogP contribution in [-0.4, -0.2) is 13.1 Å². The average Bonchev–Trinajstić information content (AvgIpc) is 2.81. The lowest BCUT2D eigenvalue weighted by atomic mass is 9.84. The van der Waals surface area contributed by atoms with Gasteiger partial charge in [-0.15, -0.1) is 0 Å². The Morgan fingerprint density at radius 3 is 2.00 bits per heavy atom. The Hall–Kier alpha value is -2.62. The van der Waals surface area contributed by atoms with Gasteiger partial charge in [-0.25, -0.2) is 0 Å². The standard InChI is InChI=1S/C28H31NO2/c1-3-7-22(8-4-1)19-30-28(20-29-21-28)25-13-17-27(18-14-25)31-26-15-11-24(12-16-26)23-9-5-2-6-10-23/h1,3-4,7-8,11-18,23,29H,2,5-6,9-10,19-21H2. The fourth-order valence-corrected chi connectivity index (χ4v) is 4.74. The fraction of sp³-hybridized carbons (Fsp3) is 0.357. The molecule has 2 fully saturated rings. The first-order valence-electron chi connectivity index (χ1n) is 11.6. The molecule has 0 amide bonds. The van der Waals surface area contributed by atoms with Gasteiger partial charge in [-0.05, 0) is 59.7 Å². The summed E-state index contributed by atoms with van der Waals surface area (Å²) in [5, 5.41) is 3.37. The fourth-order valence-electron chi connectivity index (χ4n) is 4.74. The van der Waals surface area contributed by atoms with E-state index in [1.807, 2.05) is 6.07 Å². The summed E-state index contributed by atoms with van der Waals surface area (Å²) in [5.74, 6) is 2.48. The van der Waals surface area contributed by atoms with E-state index in [1.54, 1.807) is 0 Å². The molecule has 0 unspecified atom stereocenters. The van der Waals surface area contributed by atoms with Crippen LogP contribution in [0.15, 0.2) is 78.9 Å². The lowest BCUT2D eigenvalue weighted by Crippen LogP contribution is -2.58. The van der Waals surface area contributed by atoms with Gasteiger partial charge in [0.1, 0.15) is 17.1 Å². The smallest absolute Gasteiger partial charge is 0.127 e. The lowest BCUT2D eigenvalue weighted by molar-refractivity contribution is -0.0969. The molecule has 3 aromatic carbocycles. The largest absolute Gasteiger partial charge is 0.457 e. The van der Waals surface area contributed by atoms with Gasteiger partial charge in [0, 0.05) is 13.1 Å². The van der Waals surface area contributed by atoms with E-state index in [2.05, 4.69) is 78.1 Å². The van der Waals surface area contributed by atoms with Gasteiger partial charge in [0.15, 0.2) is 0 Å². The molecular weight excluding hydrogens is 382 g/mol. The van der Waals surface area contributed by atoms with Crippen LogP contribution in [0.25, 0.3) is 0 Å². The number of ether oxygens (including phenoxy) is 2. The van der Waals surface area contributed by atoms with Crippen LogP contribution >= 0.6 is 0 Å². The number of hydrogen-bond donors (Lipinski definition) is 1. The van der Waals surface area contributed by atoms with Crippen molar-refractivity contribution in [1.82, 2.24) is 5.32 Å². The monoisotopic (exact) mass is 413 g/mol. The van der Waals surface area contributed by atoms with Crippen molar-refractivity contribution in [2.45, 2.75) is 50.2 Å². The minimum atomic E-state index is -0.254. The molecule has 31 heavy (non-hydrogen) atoms. The zero-order valence-corrected chi connectivity index (χ0v) is 18.1. The van der Waals surface area contributed by atoms with Crippen LogP contribution < -0.4 is 10.1 Å². The molecule has 160 valence electrons. The van der Waals surface area contributed by atoms with Gasteiger partial charge in [0.2, 0.25) is 0 Å². The zero-order chi connectivity index (χ0) is 20.9. The van der Waals surface area contributed by atoms with Crippen molar-refractivity contribution in [3.05, 3.63) is 95.6 Å². The van der Waals surface area contributed by atoms with Gasteiger partial charge in [0.05, 0.1) is 6.61 Å². The number of nitrogens with one attached hydrogen (secondary N) is 1. The topological polar surface area (TPSA) is 30.5 Å². The molecule has 0 bridgehead atoms. The molecule has 1 aliphatic carbocycles. The van der Waals surface area contributed by atoms with E-state index in [-0.39, 0.29) is 5.60 Å². The third-order valence-corrected chi connectivity index (χ3v) is 6.75. The lowest BCUT2D eigenvalue weighted by Gasteiger charge is -2.43. The van der Waals surface area contributed by atoms with Crippen molar-refractivity contribution in [3.8, 4) is 11.5 Å². The Balaban J connectivity index is 1.22. The predicted octanol–water partition coefficient (Wildman–Crippen LogP) is 6.54. The van der Waals surface area contributed by atoms with Crippen LogP contribution in [0, 0.1) is 0 Å². The molecule has 0 aromatic heterocycles. The third-order valence-electron chi connectivity index (χ3n) is 6.75. The first-order valence-corrected chi connectivity index (χ1v) is 11.6. The van der Waals surface area contributed by atoms with Crippen molar-refractivity contribution < 1.29 is 9.47 Å². The highest BCUT2D eigenvalue weighted by Crippen LogP contribution is 2.35. The minimum Gasteiger partial charge on any atom is -0.457 e. The summed E-state index contributed by atoms with van der Waals surface area (Å²) in [4.78, 5) is 0. The second kappa shape index (κ2) is 9.25. The van der Waals surface area contributed by atoms with E-state index in [1.165, 1.54) is 48.8 Å². The molecule has 1 aliphatic heterocycles. The van der Waals surface area contributed by atoms with Crippen molar-refractivity contribution in [3.63, 3.8) is 0 Å². The normalized spacial score (nSPS) is 18.3. The molecule has 5 rings (SSSR count). The predicted molar refractivity (Wildman–Crippen MR) is 125 cm³/mol. The maximum atomic E-state index is 6.36. The van der Waals surface area contributed by atoms with Crippen LogP contribution in [0.1, 0.15) is 54.7 Å². The third kappa shape index (κ3) is 4.68. The van der Waals surface area contributed by atoms with Gasteiger partial charge in [-0.3, -0.25) is 0 Å². The van der Waals surface area contributed by atoms with Crippen LogP contribution in [0.2, 0.25) is 0 Å². The molecule has 1 saturated carbocycles. The summed E-state index contributed by atoms with van der Waals surface area (Å²) in [6.45, 7) is 2.29. The molecule has 3 aromatic rings. The van der Waals surface area contributed by atoms with Gasteiger partial charge < -0.3 is 14.8 Å². The van der Waals surface area contributed by atoms with Crippen LogP contribution in [0.4, 0.5) is 0 Å². The number of benzene rings is 3. The highest BCUT2D eigenvalue weighted by molar-refractivity contribution is 5.37. The van der Waals surface area contributed by atoms with Gasteiger partial charge in [0.25, 0.3) is 0 Å². The van der Waals surface area contributed by atoms with Crippen LogP contribution in [0.3, 0.4) is 0 Å². The Bertz CT molecular complexity index is 956. The van der Waals surface area contributed by atoms with Gasteiger partial charge in [-0.2, -0.15) is 0 Å². The molecule has 1 N–H and O–H groups in total. The summed E-state index contributed by atoms with van der Waals surface area (Å²) < 4.78 is 12.5. The van der Waals surface area contributed by atoms with E-state index in [0.717, 1.165) is 30.5 Å². The minimum absolute atomic E-state index is 0.254. The number of hydrogen-bond acceptors (Lipinski definition) is 3. The molecule has 3 heteroatoms. The Kier molecular flexibility index (Phi) is 6.06. The van der Waals surface area contributed by atoms with E-state index in [4.69, 9.17) is 9.47 Å². The Morgan fingerprint density at radius 2 is 1.39 bits per heavy atom. The number of rotatable bonds is 7. The summed E-state index contributed by atoms with van der Waals surface area (Å²) in [7, 11) is 0. The quantitative estimate of drug-likeness (QED) is 0.477. The molecule has 2 aliphatic rings. The first kappa shape index (κ1) is 20.3. The second-order valence-electron chi connectivity index (χ2n) is 8.90. The maximum Gasteiger partial charge on any atom is 0.127 e. The summed E-state index contributed by atoms with van der Waals surface area (Å²) in [6.07, 6.45) is 6.76. The van der Waals surface area contributed by atoms with Crippen LogP contribution in [0.5, 0.6) is 11.5 Å². The maximum absolute atomic E-state index is 6.36. The molecule has 1 heterocycles. The molecule has 0 spiro atoms. The zero-order valence-electron chi connectivity index (χ0n) is 18.1. The SMILES string of the molecule is c1ccc(COC2(c3ccc(Oc4ccc(C5CCCCC5)cc4)cc3)CNC2)cc1. The molecular formula is C28H31NO2. The first-order chi connectivity index (χ1) is 15.3. The van der Waals surface area contributed by atoms with Crippen molar-refractivity contribution >= 4 is 0 Å². The van der Waals surface area contributed by atoms with E-state index >= 15 is 0 Å². The summed E-state index contributed by atoms with van der Waals surface area (Å²) in [5.41, 5.74) is 3.60. The van der Waals surface area contributed by atoms with Crippen molar-refractivity contribution in [1.29, 1.82) is 0 Å². The molecule has 0 atom stereocenters. The van der Waals surface area contributed by atoms with Gasteiger partial charge in [-0.1, -0.05) is 73.9 Å². The van der Waals surface area contributed by atoms with Crippen molar-refractivity contribution in [2.75, 3.05) is 13.1 Å². The summed E-state index contributed by atoms with van der Waals surface area (Å²) in [6, 6.07) is 27.4. The van der Waals surface area contributed by atoms with Gasteiger partial charge >= 0.3 is 0 Å². The molecule has 1 saturated heterocycles. The average molecular weight is 414 g/mol. The van der Waals surface area contributed by atoms with E-state index in [9.17, 15) is 0 Å². The van der Waals surface area contributed by atoms with Crippen LogP contribution in [-0.2, 0) is 16.9 Å². The Morgan fingerprint density at radius 1 is 0.742 bits per heavy atom. The Labute approximate surface area is 185 Å². The molecule has 3 nitrogen and oxygen atoms in total.